The number of hydrogen-bond donors (Lipinski definition) is 1. The Hall–Kier alpha value is -1.02. The summed E-state index contributed by atoms with van der Waals surface area (Å²) in [7, 11) is 0. The van der Waals surface area contributed by atoms with Crippen molar-refractivity contribution in [2.24, 2.45) is 0 Å². The topological polar surface area (TPSA) is 37.3 Å². The van der Waals surface area contributed by atoms with Crippen LogP contribution in [0.25, 0.3) is 0 Å². The summed E-state index contributed by atoms with van der Waals surface area (Å²) in [6.45, 7) is 4.09. The summed E-state index contributed by atoms with van der Waals surface area (Å²) in [5.41, 5.74) is 2.19. The van der Waals surface area contributed by atoms with Gasteiger partial charge in [-0.3, -0.25) is 4.79 Å². The molecule has 3 heteroatoms. The van der Waals surface area contributed by atoms with Gasteiger partial charge in [0.1, 0.15) is 5.75 Å². The Bertz CT molecular complexity index is 413. The van der Waals surface area contributed by atoms with Crippen molar-refractivity contribution in [1.82, 2.24) is 0 Å². The third-order valence-corrected chi connectivity index (χ3v) is 3.37. The average molecular weight is 269 g/mol. The molecular weight excluding hydrogens is 248 g/mol. The zero-order valence-electron chi connectivity index (χ0n) is 11.1. The molecular formula is C15H21ClO2. The summed E-state index contributed by atoms with van der Waals surface area (Å²) in [6.07, 6.45) is 4.01. The van der Waals surface area contributed by atoms with Crippen molar-refractivity contribution in [3.05, 3.63) is 28.8 Å². The second-order valence-electron chi connectivity index (χ2n) is 4.51. The van der Waals surface area contributed by atoms with Crippen LogP contribution in [0.5, 0.6) is 5.75 Å². The zero-order valence-corrected chi connectivity index (χ0v) is 11.9. The predicted molar refractivity (Wildman–Crippen MR) is 75.5 cm³/mol. The molecule has 100 valence electrons. The van der Waals surface area contributed by atoms with Crippen LogP contribution < -0.4 is 0 Å². The van der Waals surface area contributed by atoms with Crippen LogP contribution in [0.15, 0.2) is 12.1 Å². The fourth-order valence-electron chi connectivity index (χ4n) is 2.03. The van der Waals surface area contributed by atoms with Gasteiger partial charge in [-0.15, -0.1) is 11.6 Å². The van der Waals surface area contributed by atoms with Crippen LogP contribution in [0.2, 0.25) is 0 Å². The van der Waals surface area contributed by atoms with Crippen LogP contribution in [0.4, 0.5) is 0 Å². The van der Waals surface area contributed by atoms with Crippen LogP contribution in [-0.4, -0.2) is 10.9 Å². The Morgan fingerprint density at radius 3 is 2.56 bits per heavy atom. The zero-order chi connectivity index (χ0) is 13.5. The Morgan fingerprint density at radius 1 is 1.28 bits per heavy atom. The molecule has 0 amide bonds. The molecule has 1 N–H and O–H groups in total. The van der Waals surface area contributed by atoms with Gasteiger partial charge in [-0.2, -0.15) is 0 Å². The largest absolute Gasteiger partial charge is 0.507 e. The summed E-state index contributed by atoms with van der Waals surface area (Å²) in [4.78, 5) is 12.0. The van der Waals surface area contributed by atoms with E-state index in [0.717, 1.165) is 36.8 Å². The van der Waals surface area contributed by atoms with Gasteiger partial charge in [-0.05, 0) is 30.0 Å². The molecule has 0 saturated carbocycles. The molecule has 0 unspecified atom stereocenters. The van der Waals surface area contributed by atoms with Crippen molar-refractivity contribution in [3.8, 4) is 5.75 Å². The Kier molecular flexibility index (Phi) is 6.20. The third kappa shape index (κ3) is 3.49. The van der Waals surface area contributed by atoms with Crippen LogP contribution in [0.3, 0.4) is 0 Å². The second kappa shape index (κ2) is 7.42. The molecule has 0 bridgehead atoms. The Labute approximate surface area is 114 Å². The number of benzene rings is 1. The summed E-state index contributed by atoms with van der Waals surface area (Å²) in [5, 5.41) is 10.2. The van der Waals surface area contributed by atoms with E-state index in [2.05, 4.69) is 0 Å². The van der Waals surface area contributed by atoms with Gasteiger partial charge >= 0.3 is 0 Å². The van der Waals surface area contributed by atoms with Gasteiger partial charge in [0.2, 0.25) is 0 Å². The van der Waals surface area contributed by atoms with E-state index in [9.17, 15) is 9.90 Å². The minimum absolute atomic E-state index is 0.0211. The maximum Gasteiger partial charge on any atom is 0.166 e. The molecule has 0 radical (unpaired) electrons. The minimum atomic E-state index is 0.0211. The molecule has 1 aromatic rings. The molecule has 0 atom stereocenters. The first kappa shape index (κ1) is 15.0. The van der Waals surface area contributed by atoms with E-state index in [-0.39, 0.29) is 11.5 Å². The van der Waals surface area contributed by atoms with Gasteiger partial charge in [0, 0.05) is 12.3 Å². The summed E-state index contributed by atoms with van der Waals surface area (Å²) in [6, 6.07) is 3.56. The monoisotopic (exact) mass is 268 g/mol. The van der Waals surface area contributed by atoms with Crippen molar-refractivity contribution in [3.63, 3.8) is 0 Å². The maximum absolute atomic E-state index is 12.0. The third-order valence-electron chi connectivity index (χ3n) is 3.08. The lowest BCUT2D eigenvalue weighted by molar-refractivity contribution is 0.0977. The van der Waals surface area contributed by atoms with Crippen LogP contribution in [0, 0.1) is 0 Å². The summed E-state index contributed by atoms with van der Waals surface area (Å²) in [5.74, 6) is 0.524. The first-order valence-electron chi connectivity index (χ1n) is 6.58. The molecule has 0 saturated heterocycles. The number of hydrogen-bond acceptors (Lipinski definition) is 2. The first-order chi connectivity index (χ1) is 8.65. The molecule has 18 heavy (non-hydrogen) atoms. The van der Waals surface area contributed by atoms with Gasteiger partial charge in [0.05, 0.1) is 5.56 Å². The van der Waals surface area contributed by atoms with Gasteiger partial charge in [-0.1, -0.05) is 32.8 Å². The van der Waals surface area contributed by atoms with E-state index in [1.165, 1.54) is 0 Å². The van der Waals surface area contributed by atoms with Crippen molar-refractivity contribution in [1.29, 1.82) is 0 Å². The number of carbonyl (C=O) groups excluding carboxylic acids is 1. The second-order valence-corrected chi connectivity index (χ2v) is 4.78. The standard InChI is InChI=1S/C15H21ClO2/c1-3-5-7-14(17)13-9-8-11(10-16)12(6-4-2)15(13)18/h8-9,18H,3-7,10H2,1-2H3. The van der Waals surface area contributed by atoms with Crippen molar-refractivity contribution >= 4 is 17.4 Å². The van der Waals surface area contributed by atoms with E-state index < -0.39 is 0 Å². The predicted octanol–water partition coefficient (Wildman–Crippen LogP) is 4.46. The number of phenols is 1. The fraction of sp³-hybridized carbons (Fsp3) is 0.533. The Morgan fingerprint density at radius 2 is 2.00 bits per heavy atom. The van der Waals surface area contributed by atoms with Crippen molar-refractivity contribution < 1.29 is 9.90 Å². The van der Waals surface area contributed by atoms with E-state index in [1.807, 2.05) is 19.9 Å². The molecule has 0 fully saturated rings. The van der Waals surface area contributed by atoms with Gasteiger partial charge in [-0.25, -0.2) is 0 Å². The van der Waals surface area contributed by atoms with Crippen molar-refractivity contribution in [2.75, 3.05) is 0 Å². The number of rotatable bonds is 7. The molecule has 0 aromatic heterocycles. The molecule has 0 aliphatic rings. The number of aromatic hydroxyl groups is 1. The summed E-state index contributed by atoms with van der Waals surface area (Å²) >= 11 is 5.86. The van der Waals surface area contributed by atoms with E-state index >= 15 is 0 Å². The molecule has 1 aromatic carbocycles. The van der Waals surface area contributed by atoms with Gasteiger partial charge in [0.15, 0.2) is 5.78 Å². The lowest BCUT2D eigenvalue weighted by atomic mass is 9.96. The van der Waals surface area contributed by atoms with Crippen LogP contribution in [-0.2, 0) is 12.3 Å². The molecule has 1 rings (SSSR count). The normalized spacial score (nSPS) is 10.6. The van der Waals surface area contributed by atoms with Gasteiger partial charge < -0.3 is 5.11 Å². The van der Waals surface area contributed by atoms with E-state index in [0.29, 0.717) is 17.9 Å². The van der Waals surface area contributed by atoms with Crippen LogP contribution in [0.1, 0.15) is 61.0 Å². The smallest absolute Gasteiger partial charge is 0.166 e. The number of alkyl halides is 1. The van der Waals surface area contributed by atoms with Gasteiger partial charge in [0.25, 0.3) is 0 Å². The SMILES string of the molecule is CCCCC(=O)c1ccc(CCl)c(CCC)c1O. The number of carbonyl (C=O) groups is 1. The Balaban J connectivity index is 3.07. The van der Waals surface area contributed by atoms with E-state index in [1.54, 1.807) is 6.07 Å². The highest BCUT2D eigenvalue weighted by molar-refractivity contribution is 6.17. The molecule has 0 heterocycles. The lowest BCUT2D eigenvalue weighted by Gasteiger charge is -2.12. The fourth-order valence-corrected chi connectivity index (χ4v) is 2.28. The highest BCUT2D eigenvalue weighted by atomic mass is 35.5. The molecule has 0 aliphatic carbocycles. The average Bonchev–Trinajstić information content (AvgIpc) is 2.38. The number of unbranched alkanes of at least 4 members (excludes halogenated alkanes) is 1. The minimum Gasteiger partial charge on any atom is -0.507 e. The maximum atomic E-state index is 12.0. The number of Topliss-reactive ketones (excluding diaryl/α,β-unsaturated/α-hetero) is 1. The molecule has 2 nitrogen and oxygen atoms in total. The molecule has 0 spiro atoms. The molecule has 0 aliphatic heterocycles. The first-order valence-corrected chi connectivity index (χ1v) is 7.12. The highest BCUT2D eigenvalue weighted by Crippen LogP contribution is 2.29. The lowest BCUT2D eigenvalue weighted by Crippen LogP contribution is -2.03. The van der Waals surface area contributed by atoms with E-state index in [4.69, 9.17) is 11.6 Å². The number of phenolic OH excluding ortho intramolecular Hbond substituents is 1. The number of ketones is 1. The highest BCUT2D eigenvalue weighted by Gasteiger charge is 2.16. The van der Waals surface area contributed by atoms with Crippen molar-refractivity contribution in [2.45, 2.75) is 51.8 Å². The number of halogens is 1. The summed E-state index contributed by atoms with van der Waals surface area (Å²) < 4.78 is 0. The van der Waals surface area contributed by atoms with Crippen LogP contribution >= 0.6 is 11.6 Å². The quantitative estimate of drug-likeness (QED) is 0.586.